The summed E-state index contributed by atoms with van der Waals surface area (Å²) in [6, 6.07) is 9.10. The third-order valence-electron chi connectivity index (χ3n) is 4.54. The normalized spacial score (nSPS) is 23.3. The number of rotatable bonds is 6. The van der Waals surface area contributed by atoms with Gasteiger partial charge in [0.05, 0.1) is 7.11 Å². The maximum atomic E-state index is 5.19. The molecule has 2 heteroatoms. The largest absolute Gasteiger partial charge is 0.497 e. The zero-order valence-electron chi connectivity index (χ0n) is 13.0. The molecule has 1 N–H and O–H groups in total. The molecule has 1 aromatic carbocycles. The Morgan fingerprint density at radius 1 is 1.10 bits per heavy atom. The Kier molecular flexibility index (Phi) is 6.38. The molecular formula is C18H29NO. The molecule has 1 aromatic rings. The fraction of sp³-hybridized carbons (Fsp3) is 0.667. The van der Waals surface area contributed by atoms with Crippen LogP contribution in [0.2, 0.25) is 0 Å². The van der Waals surface area contributed by atoms with E-state index >= 15 is 0 Å². The van der Waals surface area contributed by atoms with E-state index < -0.39 is 0 Å². The average Bonchev–Trinajstić information content (AvgIpc) is 2.71. The second-order valence-electron chi connectivity index (χ2n) is 6.09. The standard InChI is InChI=1S/C18H29NO/c1-3-5-15-6-4-7-17(11-8-15)19-14-16-9-12-18(20-2)13-10-16/h9-10,12-13,15,17,19H,3-8,11,14H2,1-2H3. The van der Waals surface area contributed by atoms with Crippen molar-refractivity contribution in [2.75, 3.05) is 7.11 Å². The minimum Gasteiger partial charge on any atom is -0.497 e. The first kappa shape index (κ1) is 15.4. The average molecular weight is 275 g/mol. The fourth-order valence-corrected chi connectivity index (χ4v) is 3.29. The molecule has 2 unspecified atom stereocenters. The minimum atomic E-state index is 0.707. The molecule has 1 aliphatic rings. The van der Waals surface area contributed by atoms with Crippen LogP contribution in [0.4, 0.5) is 0 Å². The maximum Gasteiger partial charge on any atom is 0.118 e. The Hall–Kier alpha value is -1.02. The van der Waals surface area contributed by atoms with Crippen LogP contribution in [-0.2, 0) is 6.54 Å². The van der Waals surface area contributed by atoms with E-state index in [9.17, 15) is 0 Å². The van der Waals surface area contributed by atoms with Crippen LogP contribution < -0.4 is 10.1 Å². The van der Waals surface area contributed by atoms with Crippen molar-refractivity contribution in [1.82, 2.24) is 5.32 Å². The van der Waals surface area contributed by atoms with Gasteiger partial charge in [0.15, 0.2) is 0 Å². The molecular weight excluding hydrogens is 246 g/mol. The molecule has 0 aliphatic heterocycles. The van der Waals surface area contributed by atoms with Crippen molar-refractivity contribution in [2.45, 2.75) is 64.5 Å². The van der Waals surface area contributed by atoms with E-state index in [1.807, 2.05) is 12.1 Å². The van der Waals surface area contributed by atoms with Gasteiger partial charge in [-0.25, -0.2) is 0 Å². The Bertz CT molecular complexity index is 374. The summed E-state index contributed by atoms with van der Waals surface area (Å²) in [6.07, 6.45) is 9.70. The lowest BCUT2D eigenvalue weighted by Crippen LogP contribution is -2.27. The van der Waals surface area contributed by atoms with Gasteiger partial charge < -0.3 is 10.1 Å². The van der Waals surface area contributed by atoms with Gasteiger partial charge in [-0.2, -0.15) is 0 Å². The van der Waals surface area contributed by atoms with E-state index in [0.29, 0.717) is 6.04 Å². The van der Waals surface area contributed by atoms with E-state index in [4.69, 9.17) is 4.74 Å². The third-order valence-corrected chi connectivity index (χ3v) is 4.54. The summed E-state index contributed by atoms with van der Waals surface area (Å²) in [5.74, 6) is 1.92. The van der Waals surface area contributed by atoms with Crippen molar-refractivity contribution < 1.29 is 4.74 Å². The number of ether oxygens (including phenoxy) is 1. The smallest absolute Gasteiger partial charge is 0.118 e. The van der Waals surface area contributed by atoms with Crippen LogP contribution in [0.3, 0.4) is 0 Å². The molecule has 1 fully saturated rings. The highest BCUT2D eigenvalue weighted by molar-refractivity contribution is 5.27. The van der Waals surface area contributed by atoms with Crippen LogP contribution in [0.25, 0.3) is 0 Å². The number of nitrogens with one attached hydrogen (secondary N) is 1. The highest BCUT2D eigenvalue weighted by atomic mass is 16.5. The van der Waals surface area contributed by atoms with Gasteiger partial charge in [0, 0.05) is 12.6 Å². The predicted molar refractivity (Wildman–Crippen MR) is 85.1 cm³/mol. The molecule has 20 heavy (non-hydrogen) atoms. The quantitative estimate of drug-likeness (QED) is 0.770. The van der Waals surface area contributed by atoms with Crippen LogP contribution in [-0.4, -0.2) is 13.2 Å². The minimum absolute atomic E-state index is 0.707. The van der Waals surface area contributed by atoms with Gasteiger partial charge in [0.1, 0.15) is 5.75 Å². The molecule has 1 saturated carbocycles. The summed E-state index contributed by atoms with van der Waals surface area (Å²) in [5.41, 5.74) is 1.35. The van der Waals surface area contributed by atoms with Crippen LogP contribution >= 0.6 is 0 Å². The van der Waals surface area contributed by atoms with E-state index in [0.717, 1.165) is 18.2 Å². The molecule has 0 amide bonds. The third kappa shape index (κ3) is 4.82. The first-order valence-electron chi connectivity index (χ1n) is 8.18. The van der Waals surface area contributed by atoms with Crippen molar-refractivity contribution in [3.63, 3.8) is 0 Å². The lowest BCUT2D eigenvalue weighted by molar-refractivity contribution is 0.409. The number of benzene rings is 1. The molecule has 2 nitrogen and oxygen atoms in total. The first-order chi connectivity index (χ1) is 9.81. The van der Waals surface area contributed by atoms with Crippen molar-refractivity contribution in [2.24, 2.45) is 5.92 Å². The van der Waals surface area contributed by atoms with Crippen LogP contribution in [0.15, 0.2) is 24.3 Å². The van der Waals surface area contributed by atoms with Gasteiger partial charge in [-0.3, -0.25) is 0 Å². The van der Waals surface area contributed by atoms with Gasteiger partial charge >= 0.3 is 0 Å². The molecule has 0 radical (unpaired) electrons. The first-order valence-corrected chi connectivity index (χ1v) is 8.18. The van der Waals surface area contributed by atoms with E-state index in [2.05, 4.69) is 24.4 Å². The van der Waals surface area contributed by atoms with E-state index in [1.165, 1.54) is 50.5 Å². The highest BCUT2D eigenvalue weighted by Gasteiger charge is 2.17. The molecule has 0 heterocycles. The number of hydrogen-bond acceptors (Lipinski definition) is 2. The van der Waals surface area contributed by atoms with Gasteiger partial charge in [0.2, 0.25) is 0 Å². The van der Waals surface area contributed by atoms with Crippen molar-refractivity contribution in [3.8, 4) is 5.75 Å². The van der Waals surface area contributed by atoms with Gasteiger partial charge in [0.25, 0.3) is 0 Å². The zero-order chi connectivity index (χ0) is 14.2. The molecule has 112 valence electrons. The summed E-state index contributed by atoms with van der Waals surface area (Å²) < 4.78 is 5.19. The Balaban J connectivity index is 1.75. The predicted octanol–water partition coefficient (Wildman–Crippen LogP) is 4.53. The summed E-state index contributed by atoms with van der Waals surface area (Å²) in [4.78, 5) is 0. The summed E-state index contributed by atoms with van der Waals surface area (Å²) >= 11 is 0. The van der Waals surface area contributed by atoms with Crippen molar-refractivity contribution in [1.29, 1.82) is 0 Å². The second-order valence-corrected chi connectivity index (χ2v) is 6.09. The van der Waals surface area contributed by atoms with Crippen LogP contribution in [0.5, 0.6) is 5.75 Å². The Labute approximate surface area is 123 Å². The second kappa shape index (κ2) is 8.31. The highest BCUT2D eigenvalue weighted by Crippen LogP contribution is 2.26. The van der Waals surface area contributed by atoms with E-state index in [1.54, 1.807) is 7.11 Å². The number of hydrogen-bond donors (Lipinski definition) is 1. The molecule has 1 aliphatic carbocycles. The summed E-state index contributed by atoms with van der Waals surface area (Å²) in [5, 5.41) is 3.74. The van der Waals surface area contributed by atoms with Crippen molar-refractivity contribution in [3.05, 3.63) is 29.8 Å². The van der Waals surface area contributed by atoms with E-state index in [-0.39, 0.29) is 0 Å². The molecule has 0 saturated heterocycles. The zero-order valence-corrected chi connectivity index (χ0v) is 13.0. The van der Waals surface area contributed by atoms with Crippen molar-refractivity contribution >= 4 is 0 Å². The molecule has 2 rings (SSSR count). The fourth-order valence-electron chi connectivity index (χ4n) is 3.29. The van der Waals surface area contributed by atoms with Gasteiger partial charge in [-0.1, -0.05) is 44.7 Å². The van der Waals surface area contributed by atoms with Gasteiger partial charge in [-0.05, 0) is 42.9 Å². The topological polar surface area (TPSA) is 21.3 Å². The van der Waals surface area contributed by atoms with Crippen LogP contribution in [0, 0.1) is 5.92 Å². The monoisotopic (exact) mass is 275 g/mol. The summed E-state index contributed by atoms with van der Waals surface area (Å²) in [7, 11) is 1.71. The Morgan fingerprint density at radius 2 is 1.90 bits per heavy atom. The Morgan fingerprint density at radius 3 is 2.60 bits per heavy atom. The molecule has 0 bridgehead atoms. The lowest BCUT2D eigenvalue weighted by Gasteiger charge is -2.17. The molecule has 0 aromatic heterocycles. The lowest BCUT2D eigenvalue weighted by atomic mass is 9.95. The molecule has 2 atom stereocenters. The molecule has 0 spiro atoms. The summed E-state index contributed by atoms with van der Waals surface area (Å²) in [6.45, 7) is 3.29. The maximum absolute atomic E-state index is 5.19. The number of methoxy groups -OCH3 is 1. The van der Waals surface area contributed by atoms with Crippen LogP contribution in [0.1, 0.15) is 57.4 Å². The SMILES string of the molecule is CCCC1CCCC(NCc2ccc(OC)cc2)CC1. The van der Waals surface area contributed by atoms with Gasteiger partial charge in [-0.15, -0.1) is 0 Å².